The highest BCUT2D eigenvalue weighted by Gasteiger charge is 2.09. The van der Waals surface area contributed by atoms with Crippen LogP contribution in [0.4, 0.5) is 0 Å². The fourth-order valence-electron chi connectivity index (χ4n) is 2.40. The Morgan fingerprint density at radius 3 is 2.59 bits per heavy atom. The molecule has 0 aliphatic carbocycles. The Morgan fingerprint density at radius 1 is 1.15 bits per heavy atom. The first kappa shape index (κ1) is 21.0. The van der Waals surface area contributed by atoms with E-state index in [0.717, 1.165) is 12.8 Å². The largest absolute Gasteiger partial charge is 0.452 e. The number of hydrogen-bond donors (Lipinski definition) is 1. The molecule has 0 unspecified atom stereocenters. The molecule has 0 aromatic heterocycles. The fourth-order valence-corrected chi connectivity index (χ4v) is 2.87. The minimum absolute atomic E-state index is 0.0141. The van der Waals surface area contributed by atoms with Crippen molar-refractivity contribution < 1.29 is 14.3 Å². The van der Waals surface area contributed by atoms with E-state index in [9.17, 15) is 9.59 Å². The van der Waals surface area contributed by atoms with Gasteiger partial charge in [-0.15, -0.1) is 0 Å². The summed E-state index contributed by atoms with van der Waals surface area (Å²) in [5, 5.41) is 3.76. The van der Waals surface area contributed by atoms with Crippen LogP contribution in [0.3, 0.4) is 0 Å². The van der Waals surface area contributed by atoms with Crippen molar-refractivity contribution in [2.24, 2.45) is 0 Å². The van der Waals surface area contributed by atoms with Gasteiger partial charge in [-0.1, -0.05) is 59.6 Å². The molecule has 2 aromatic rings. The molecule has 1 amide bonds. The Hall–Kier alpha value is -2.30. The highest BCUT2D eigenvalue weighted by molar-refractivity contribution is 6.35. The number of esters is 1. The predicted octanol–water partition coefficient (Wildman–Crippen LogP) is 4.69. The van der Waals surface area contributed by atoms with Crippen LogP contribution in [0.15, 0.2) is 54.6 Å². The zero-order valence-electron chi connectivity index (χ0n) is 15.0. The van der Waals surface area contributed by atoms with Gasteiger partial charge < -0.3 is 10.1 Å². The van der Waals surface area contributed by atoms with Crippen LogP contribution < -0.4 is 5.32 Å². The van der Waals surface area contributed by atoms with Crippen LogP contribution >= 0.6 is 23.2 Å². The average molecular weight is 406 g/mol. The van der Waals surface area contributed by atoms with Crippen LogP contribution in [0, 0.1) is 0 Å². The van der Waals surface area contributed by atoms with Gasteiger partial charge in [-0.3, -0.25) is 4.79 Å². The van der Waals surface area contributed by atoms with Crippen molar-refractivity contribution in [1.82, 2.24) is 5.32 Å². The smallest absolute Gasteiger partial charge is 0.331 e. The molecular weight excluding hydrogens is 385 g/mol. The van der Waals surface area contributed by atoms with Crippen molar-refractivity contribution in [2.45, 2.75) is 25.8 Å². The van der Waals surface area contributed by atoms with Crippen LogP contribution in [0.5, 0.6) is 0 Å². The third-order valence-corrected chi connectivity index (χ3v) is 4.39. The zero-order valence-corrected chi connectivity index (χ0v) is 16.5. The van der Waals surface area contributed by atoms with E-state index in [0.29, 0.717) is 15.6 Å². The number of benzene rings is 2. The Labute approximate surface area is 169 Å². The summed E-state index contributed by atoms with van der Waals surface area (Å²) in [6, 6.07) is 15.0. The third kappa shape index (κ3) is 7.85. The summed E-state index contributed by atoms with van der Waals surface area (Å²) in [6.07, 6.45) is 4.41. The van der Waals surface area contributed by atoms with Gasteiger partial charge in [-0.05, 0) is 49.1 Å². The average Bonchev–Trinajstić information content (AvgIpc) is 2.65. The topological polar surface area (TPSA) is 55.4 Å². The van der Waals surface area contributed by atoms with Crippen molar-refractivity contribution in [1.29, 1.82) is 0 Å². The molecule has 0 aliphatic rings. The predicted molar refractivity (Wildman–Crippen MR) is 109 cm³/mol. The second kappa shape index (κ2) is 10.8. The number of rotatable bonds is 8. The molecule has 0 spiro atoms. The van der Waals surface area contributed by atoms with Gasteiger partial charge in [0.2, 0.25) is 0 Å². The van der Waals surface area contributed by atoms with Gasteiger partial charge in [-0.2, -0.15) is 0 Å². The van der Waals surface area contributed by atoms with E-state index in [1.165, 1.54) is 17.7 Å². The van der Waals surface area contributed by atoms with Crippen LogP contribution in [0.2, 0.25) is 10.0 Å². The van der Waals surface area contributed by atoms with E-state index in [-0.39, 0.29) is 18.6 Å². The number of carbonyl (C=O) groups excluding carboxylic acids is 2. The van der Waals surface area contributed by atoms with E-state index in [2.05, 4.69) is 17.4 Å². The molecule has 0 saturated heterocycles. The fraction of sp³-hybridized carbons (Fsp3) is 0.238. The van der Waals surface area contributed by atoms with E-state index < -0.39 is 5.97 Å². The number of carbonyl (C=O) groups is 2. The second-order valence-corrected chi connectivity index (χ2v) is 6.94. The number of hydrogen-bond acceptors (Lipinski definition) is 3. The van der Waals surface area contributed by atoms with Gasteiger partial charge >= 0.3 is 5.97 Å². The molecule has 27 heavy (non-hydrogen) atoms. The lowest BCUT2D eigenvalue weighted by Gasteiger charge is -2.13. The number of amides is 1. The molecule has 0 fully saturated rings. The summed E-state index contributed by atoms with van der Waals surface area (Å²) < 4.78 is 4.95. The first-order valence-corrected chi connectivity index (χ1v) is 9.33. The molecule has 142 valence electrons. The minimum atomic E-state index is -0.617. The highest BCUT2D eigenvalue weighted by Crippen LogP contribution is 2.21. The lowest BCUT2D eigenvalue weighted by atomic mass is 10.1. The first-order valence-electron chi connectivity index (χ1n) is 8.57. The lowest BCUT2D eigenvalue weighted by molar-refractivity contribution is -0.144. The molecule has 1 N–H and O–H groups in total. The van der Waals surface area contributed by atoms with Gasteiger partial charge in [0.25, 0.3) is 5.91 Å². The van der Waals surface area contributed by atoms with Gasteiger partial charge in [0, 0.05) is 22.2 Å². The Morgan fingerprint density at radius 2 is 1.89 bits per heavy atom. The molecule has 6 heteroatoms. The van der Waals surface area contributed by atoms with E-state index in [1.54, 1.807) is 18.2 Å². The zero-order chi connectivity index (χ0) is 19.6. The van der Waals surface area contributed by atoms with Gasteiger partial charge in [0.1, 0.15) is 0 Å². The van der Waals surface area contributed by atoms with E-state index in [4.69, 9.17) is 27.9 Å². The molecule has 2 rings (SSSR count). The van der Waals surface area contributed by atoms with E-state index >= 15 is 0 Å². The first-order chi connectivity index (χ1) is 12.9. The maximum atomic E-state index is 11.9. The minimum Gasteiger partial charge on any atom is -0.452 e. The summed E-state index contributed by atoms with van der Waals surface area (Å²) in [5.74, 6) is -0.949. The van der Waals surface area contributed by atoms with Crippen molar-refractivity contribution in [2.75, 3.05) is 6.61 Å². The lowest BCUT2D eigenvalue weighted by Crippen LogP contribution is -2.36. The second-order valence-electron chi connectivity index (χ2n) is 6.10. The molecule has 1 atom stereocenters. The van der Waals surface area contributed by atoms with Crippen LogP contribution in [0.25, 0.3) is 6.08 Å². The van der Waals surface area contributed by atoms with Gasteiger partial charge in [-0.25, -0.2) is 4.79 Å². The van der Waals surface area contributed by atoms with Gasteiger partial charge in [0.15, 0.2) is 6.61 Å². The maximum Gasteiger partial charge on any atom is 0.331 e. The summed E-state index contributed by atoms with van der Waals surface area (Å²) in [4.78, 5) is 23.6. The molecule has 0 saturated carbocycles. The van der Waals surface area contributed by atoms with Crippen LogP contribution in [-0.4, -0.2) is 24.5 Å². The van der Waals surface area contributed by atoms with Crippen molar-refractivity contribution in [3.63, 3.8) is 0 Å². The van der Waals surface area contributed by atoms with Crippen molar-refractivity contribution in [3.8, 4) is 0 Å². The number of ether oxygens (including phenoxy) is 1. The summed E-state index contributed by atoms with van der Waals surface area (Å²) in [5.41, 5.74) is 1.85. The standard InChI is InChI=1S/C21H21Cl2NO3/c1-15(7-8-16-5-3-2-4-6-16)24-20(25)14-27-21(26)12-10-17-9-11-18(22)13-19(17)23/h2-6,9-13,15H,7-8,14H2,1H3,(H,24,25)/b12-10+/t15-/m1/s1. The normalized spacial score (nSPS) is 12.0. The number of halogens is 2. The Bertz CT molecular complexity index is 806. The molecule has 0 heterocycles. The quantitative estimate of drug-likeness (QED) is 0.511. The van der Waals surface area contributed by atoms with Crippen LogP contribution in [-0.2, 0) is 20.7 Å². The van der Waals surface area contributed by atoms with E-state index in [1.807, 2.05) is 25.1 Å². The SMILES string of the molecule is C[C@H](CCc1ccccc1)NC(=O)COC(=O)/C=C/c1ccc(Cl)cc1Cl. The highest BCUT2D eigenvalue weighted by atomic mass is 35.5. The molecule has 0 aliphatic heterocycles. The molecular formula is C21H21Cl2NO3. The van der Waals surface area contributed by atoms with Crippen LogP contribution in [0.1, 0.15) is 24.5 Å². The molecule has 0 radical (unpaired) electrons. The summed E-state index contributed by atoms with van der Waals surface area (Å²) >= 11 is 11.8. The van der Waals surface area contributed by atoms with Gasteiger partial charge in [0.05, 0.1) is 0 Å². The molecule has 0 bridgehead atoms. The Balaban J connectivity index is 1.71. The summed E-state index contributed by atoms with van der Waals surface area (Å²) in [6.45, 7) is 1.60. The maximum absolute atomic E-state index is 11.9. The number of nitrogens with one attached hydrogen (secondary N) is 1. The van der Waals surface area contributed by atoms with Crippen molar-refractivity contribution in [3.05, 3.63) is 75.8 Å². The Kier molecular flexibility index (Phi) is 8.37. The third-order valence-electron chi connectivity index (χ3n) is 3.82. The molecule has 2 aromatic carbocycles. The molecule has 4 nitrogen and oxygen atoms in total. The number of aryl methyl sites for hydroxylation is 1. The monoisotopic (exact) mass is 405 g/mol. The summed E-state index contributed by atoms with van der Waals surface area (Å²) in [7, 11) is 0. The van der Waals surface area contributed by atoms with Crippen molar-refractivity contribution >= 4 is 41.2 Å².